The Labute approximate surface area is 89.8 Å². The van der Waals surface area contributed by atoms with Crippen molar-refractivity contribution in [1.29, 1.82) is 0 Å². The Balaban J connectivity index is 3.30. The second-order valence-corrected chi connectivity index (χ2v) is 2.95. The lowest BCUT2D eigenvalue weighted by Crippen LogP contribution is -2.20. The van der Waals surface area contributed by atoms with Gasteiger partial charge in [0.2, 0.25) is 0 Å². The molecule has 0 aliphatic rings. The van der Waals surface area contributed by atoms with Crippen LogP contribution in [-0.2, 0) is 0 Å². The molecule has 1 rings (SSSR count). The molecule has 9 heteroatoms. The number of ether oxygens (including phenoxy) is 1. The van der Waals surface area contributed by atoms with Crippen LogP contribution in [0.5, 0.6) is 5.75 Å². The Kier molecular flexibility index (Phi) is 3.41. The van der Waals surface area contributed by atoms with Gasteiger partial charge >= 0.3 is 6.36 Å². The third kappa shape index (κ3) is 3.09. The molecule has 16 heavy (non-hydrogen) atoms. The molecule has 0 fully saturated rings. The van der Waals surface area contributed by atoms with E-state index in [9.17, 15) is 26.7 Å². The predicted molar refractivity (Wildman–Crippen MR) is 43.7 cm³/mol. The third-order valence-electron chi connectivity index (χ3n) is 1.44. The summed E-state index contributed by atoms with van der Waals surface area (Å²) < 4.78 is 63.4. The molecule has 1 heterocycles. The maximum Gasteiger partial charge on any atom is 0.573 e. The molecule has 0 aliphatic heterocycles. The van der Waals surface area contributed by atoms with E-state index >= 15 is 0 Å². The minimum Gasteiger partial charge on any atom is -0.405 e. The molecule has 0 unspecified atom stereocenters. The summed E-state index contributed by atoms with van der Waals surface area (Å²) in [5.41, 5.74) is -2.28. The second kappa shape index (κ2) is 4.28. The number of rotatable bonds is 2. The molecule has 0 saturated carbocycles. The summed E-state index contributed by atoms with van der Waals surface area (Å²) in [5.74, 6) is -1.31. The summed E-state index contributed by atoms with van der Waals surface area (Å²) in [5, 5.41) is -0.887. The van der Waals surface area contributed by atoms with Gasteiger partial charge in [0.05, 0.1) is 5.56 Å². The summed E-state index contributed by atoms with van der Waals surface area (Å²) in [7, 11) is 0. The maximum atomic E-state index is 12.3. The highest BCUT2D eigenvalue weighted by Crippen LogP contribution is 2.35. The van der Waals surface area contributed by atoms with E-state index in [1.807, 2.05) is 0 Å². The van der Waals surface area contributed by atoms with Crippen LogP contribution in [0.1, 0.15) is 12.0 Å². The van der Waals surface area contributed by atoms with Gasteiger partial charge in [-0.1, -0.05) is 11.6 Å². The number of hydrogen-bond acceptors (Lipinski definition) is 2. The Hall–Kier alpha value is -1.31. The quantitative estimate of drug-likeness (QED) is 0.658. The minimum absolute atomic E-state index is 0.251. The first-order valence-corrected chi connectivity index (χ1v) is 4.05. The molecule has 0 spiro atoms. The molecule has 0 aliphatic carbocycles. The zero-order valence-electron chi connectivity index (χ0n) is 7.24. The fourth-order valence-electron chi connectivity index (χ4n) is 0.929. The molecule has 1 aromatic rings. The van der Waals surface area contributed by atoms with Gasteiger partial charge < -0.3 is 9.72 Å². The number of H-pyrrole nitrogens is 1. The van der Waals surface area contributed by atoms with Crippen molar-refractivity contribution in [2.45, 2.75) is 12.8 Å². The van der Waals surface area contributed by atoms with E-state index in [4.69, 9.17) is 11.6 Å². The molecule has 1 aromatic heterocycles. The van der Waals surface area contributed by atoms with Crippen LogP contribution in [0, 0.1) is 0 Å². The Bertz CT molecular complexity index is 441. The van der Waals surface area contributed by atoms with Crippen molar-refractivity contribution in [2.75, 3.05) is 0 Å². The number of aromatic amines is 1. The summed E-state index contributed by atoms with van der Waals surface area (Å²) in [6, 6.07) is 0.251. The molecule has 0 amide bonds. The fraction of sp³-hybridized carbons (Fsp3) is 0.286. The van der Waals surface area contributed by atoms with Gasteiger partial charge in [-0.05, 0) is 0 Å². The average molecular weight is 264 g/mol. The smallest absolute Gasteiger partial charge is 0.405 e. The lowest BCUT2D eigenvalue weighted by molar-refractivity contribution is -0.275. The minimum atomic E-state index is -5.18. The van der Waals surface area contributed by atoms with Crippen molar-refractivity contribution in [3.05, 3.63) is 27.1 Å². The van der Waals surface area contributed by atoms with Gasteiger partial charge in [-0.2, -0.15) is 0 Å². The topological polar surface area (TPSA) is 42.1 Å². The van der Waals surface area contributed by atoms with Crippen LogP contribution in [-0.4, -0.2) is 11.3 Å². The third-order valence-corrected chi connectivity index (χ3v) is 1.74. The van der Waals surface area contributed by atoms with Crippen LogP contribution in [0.3, 0.4) is 0 Å². The first-order chi connectivity index (χ1) is 7.20. The molecule has 0 atom stereocenters. The van der Waals surface area contributed by atoms with Gasteiger partial charge in [-0.15, -0.1) is 13.2 Å². The molecule has 0 radical (unpaired) electrons. The van der Waals surface area contributed by atoms with E-state index in [0.29, 0.717) is 0 Å². The van der Waals surface area contributed by atoms with Gasteiger partial charge in [0.25, 0.3) is 12.0 Å². The SMILES string of the molecule is O=c1cc(OC(F)(F)F)c(C(F)F)c(Cl)[nH]1. The van der Waals surface area contributed by atoms with E-state index in [2.05, 4.69) is 4.74 Å². The first kappa shape index (κ1) is 12.8. The number of halogens is 6. The molecule has 1 N–H and O–H groups in total. The van der Waals surface area contributed by atoms with Crippen molar-refractivity contribution in [1.82, 2.24) is 4.98 Å². The molecule has 90 valence electrons. The van der Waals surface area contributed by atoms with Crippen LogP contribution in [0.15, 0.2) is 10.9 Å². The largest absolute Gasteiger partial charge is 0.573 e. The molecule has 3 nitrogen and oxygen atoms in total. The van der Waals surface area contributed by atoms with E-state index < -0.39 is 34.8 Å². The van der Waals surface area contributed by atoms with E-state index in [-0.39, 0.29) is 6.07 Å². The highest BCUT2D eigenvalue weighted by atomic mass is 35.5. The lowest BCUT2D eigenvalue weighted by atomic mass is 10.2. The van der Waals surface area contributed by atoms with Gasteiger partial charge in [0.1, 0.15) is 10.9 Å². The number of alkyl halides is 5. The van der Waals surface area contributed by atoms with E-state index in [0.717, 1.165) is 0 Å². The highest BCUT2D eigenvalue weighted by molar-refractivity contribution is 6.30. The summed E-state index contributed by atoms with van der Waals surface area (Å²) in [6.45, 7) is 0. The van der Waals surface area contributed by atoms with Gasteiger partial charge in [-0.3, -0.25) is 4.79 Å². The van der Waals surface area contributed by atoms with Crippen molar-refractivity contribution in [3.8, 4) is 5.75 Å². The Morgan fingerprint density at radius 1 is 1.38 bits per heavy atom. The maximum absolute atomic E-state index is 12.3. The molecular weight excluding hydrogens is 261 g/mol. The van der Waals surface area contributed by atoms with Crippen molar-refractivity contribution in [2.24, 2.45) is 0 Å². The van der Waals surface area contributed by atoms with Crippen molar-refractivity contribution in [3.63, 3.8) is 0 Å². The highest BCUT2D eigenvalue weighted by Gasteiger charge is 2.34. The summed E-state index contributed by atoms with van der Waals surface area (Å²) in [4.78, 5) is 12.5. The average Bonchev–Trinajstić information content (AvgIpc) is 1.96. The van der Waals surface area contributed by atoms with Crippen LogP contribution >= 0.6 is 11.6 Å². The Morgan fingerprint density at radius 2 is 1.94 bits per heavy atom. The number of aromatic nitrogens is 1. The molecule has 0 saturated heterocycles. The van der Waals surface area contributed by atoms with Crippen LogP contribution in [0.4, 0.5) is 22.0 Å². The monoisotopic (exact) mass is 263 g/mol. The Morgan fingerprint density at radius 3 is 2.38 bits per heavy atom. The molecule has 0 aromatic carbocycles. The van der Waals surface area contributed by atoms with Gasteiger partial charge in [0.15, 0.2) is 0 Å². The number of hydrogen-bond donors (Lipinski definition) is 1. The van der Waals surface area contributed by atoms with E-state index in [1.54, 1.807) is 4.98 Å². The normalized spacial score (nSPS) is 11.9. The van der Waals surface area contributed by atoms with Gasteiger partial charge in [0, 0.05) is 6.07 Å². The van der Waals surface area contributed by atoms with Crippen molar-refractivity contribution < 1.29 is 26.7 Å². The van der Waals surface area contributed by atoms with Crippen molar-refractivity contribution >= 4 is 11.6 Å². The van der Waals surface area contributed by atoms with Crippen LogP contribution in [0.25, 0.3) is 0 Å². The zero-order chi connectivity index (χ0) is 12.5. The molecular formula is C7H3ClF5NO2. The van der Waals surface area contributed by atoms with Gasteiger partial charge in [-0.25, -0.2) is 8.78 Å². The first-order valence-electron chi connectivity index (χ1n) is 3.67. The number of pyridine rings is 1. The zero-order valence-corrected chi connectivity index (χ0v) is 7.99. The fourth-order valence-corrected chi connectivity index (χ4v) is 1.20. The number of nitrogens with one attached hydrogen (secondary N) is 1. The molecule has 0 bridgehead atoms. The van der Waals surface area contributed by atoms with Crippen LogP contribution < -0.4 is 10.3 Å². The lowest BCUT2D eigenvalue weighted by Gasteiger charge is -2.13. The van der Waals surface area contributed by atoms with E-state index in [1.165, 1.54) is 0 Å². The van der Waals surface area contributed by atoms with Crippen LogP contribution in [0.2, 0.25) is 5.15 Å². The summed E-state index contributed by atoms with van der Waals surface area (Å²) >= 11 is 5.18. The second-order valence-electron chi connectivity index (χ2n) is 2.57. The standard InChI is InChI=1S/C7H3ClF5NO2/c8-5-4(6(9)10)2(1-3(15)14-5)16-7(11,12)13/h1,6H,(H,14,15). The summed E-state index contributed by atoms with van der Waals surface area (Å²) in [6.07, 6.45) is -8.48. The predicted octanol–water partition coefficient (Wildman–Crippen LogP) is 2.86.